The van der Waals surface area contributed by atoms with Crippen molar-refractivity contribution in [2.24, 2.45) is 11.8 Å². The average molecular weight is 360 g/mol. The van der Waals surface area contributed by atoms with Crippen LogP contribution in [0.2, 0.25) is 0 Å². The van der Waals surface area contributed by atoms with Crippen molar-refractivity contribution < 1.29 is 18.6 Å². The van der Waals surface area contributed by atoms with Gasteiger partial charge in [0.1, 0.15) is 6.10 Å². The van der Waals surface area contributed by atoms with Crippen LogP contribution in [0.5, 0.6) is 11.5 Å². The quantitative estimate of drug-likeness (QED) is 0.687. The van der Waals surface area contributed by atoms with Crippen LogP contribution in [-0.2, 0) is 4.74 Å². The van der Waals surface area contributed by atoms with Gasteiger partial charge in [0.25, 0.3) is 0 Å². The molecule has 0 saturated heterocycles. The fourth-order valence-corrected chi connectivity index (χ4v) is 5.28. The van der Waals surface area contributed by atoms with E-state index in [1.807, 2.05) is 13.0 Å². The number of ether oxygens (including phenoxy) is 3. The minimum Gasteiger partial charge on any atom is -0.491 e. The number of hydrogen-bond acceptors (Lipinski definition) is 3. The Morgan fingerprint density at radius 3 is 2.73 bits per heavy atom. The van der Waals surface area contributed by atoms with Crippen LogP contribution in [0.3, 0.4) is 0 Å². The lowest BCUT2D eigenvalue weighted by Crippen LogP contribution is -2.35. The van der Waals surface area contributed by atoms with Crippen molar-refractivity contribution >= 4 is 0 Å². The summed E-state index contributed by atoms with van der Waals surface area (Å²) in [7, 11) is 1.79. The van der Waals surface area contributed by atoms with Crippen molar-refractivity contribution in [2.75, 3.05) is 13.7 Å². The Balaban J connectivity index is 1.47. The molecule has 0 N–H and O–H groups in total. The van der Waals surface area contributed by atoms with E-state index in [4.69, 9.17) is 14.2 Å². The Morgan fingerprint density at radius 1 is 1.19 bits per heavy atom. The molecular formula is C22H29FO3. The van der Waals surface area contributed by atoms with Gasteiger partial charge in [-0.2, -0.15) is 4.39 Å². The molecule has 1 aliphatic heterocycles. The van der Waals surface area contributed by atoms with E-state index in [9.17, 15) is 4.39 Å². The molecule has 0 aromatic heterocycles. The molecule has 4 heteroatoms. The second kappa shape index (κ2) is 7.22. The number of halogens is 1. The number of hydrogen-bond donors (Lipinski definition) is 0. The lowest BCUT2D eigenvalue weighted by Gasteiger charge is -2.40. The predicted molar refractivity (Wildman–Crippen MR) is 99.3 cm³/mol. The second-order valence-electron chi connectivity index (χ2n) is 7.97. The first-order valence-corrected chi connectivity index (χ1v) is 9.94. The zero-order valence-corrected chi connectivity index (χ0v) is 15.8. The van der Waals surface area contributed by atoms with Gasteiger partial charge in [-0.05, 0) is 63.4 Å². The largest absolute Gasteiger partial charge is 0.491 e. The van der Waals surface area contributed by atoms with Gasteiger partial charge in [0.05, 0.1) is 12.7 Å². The third-order valence-corrected chi connectivity index (χ3v) is 6.61. The molecule has 5 atom stereocenters. The van der Waals surface area contributed by atoms with Gasteiger partial charge in [0, 0.05) is 18.6 Å². The summed E-state index contributed by atoms with van der Waals surface area (Å²) >= 11 is 0. The van der Waals surface area contributed by atoms with Crippen molar-refractivity contribution in [1.82, 2.24) is 0 Å². The Labute approximate surface area is 155 Å². The van der Waals surface area contributed by atoms with E-state index in [1.165, 1.54) is 12.0 Å². The summed E-state index contributed by atoms with van der Waals surface area (Å²) in [4.78, 5) is 0. The highest BCUT2D eigenvalue weighted by Gasteiger charge is 2.44. The molecule has 4 rings (SSSR count). The van der Waals surface area contributed by atoms with Gasteiger partial charge < -0.3 is 14.2 Å². The Bertz CT molecular complexity index is 686. The highest BCUT2D eigenvalue weighted by atomic mass is 19.1. The Kier molecular flexibility index (Phi) is 4.96. The summed E-state index contributed by atoms with van der Waals surface area (Å²) in [6, 6.07) is 3.75. The molecule has 1 heterocycles. The van der Waals surface area contributed by atoms with Crippen molar-refractivity contribution in [1.29, 1.82) is 0 Å². The predicted octanol–water partition coefficient (Wildman–Crippen LogP) is 5.24. The van der Waals surface area contributed by atoms with Crippen LogP contribution in [0, 0.1) is 17.7 Å². The first kappa shape index (κ1) is 17.8. The molecule has 3 aliphatic rings. The lowest BCUT2D eigenvalue weighted by molar-refractivity contribution is 0.0538. The molecule has 2 aliphatic carbocycles. The minimum atomic E-state index is -0.333. The first-order chi connectivity index (χ1) is 12.6. The van der Waals surface area contributed by atoms with Crippen LogP contribution in [0.25, 0.3) is 0 Å². The maximum Gasteiger partial charge on any atom is 0.207 e. The summed E-state index contributed by atoms with van der Waals surface area (Å²) in [5.41, 5.74) is 2.35. The molecule has 2 fully saturated rings. The second-order valence-corrected chi connectivity index (χ2v) is 7.97. The summed E-state index contributed by atoms with van der Waals surface area (Å²) < 4.78 is 31.7. The standard InChI is InChI=1S/C22H29FO3/c1-4-25-19-10-9-18-17-7-5-14(12-20(17)26-22(18)21(19)23)16-8-6-15(24-3)11-13(16)2/h9-10,14-17,20H,2,4-8,11-12H2,1,3H3/t14-,15?,16?,17+,20-/m1/s1. The normalized spacial score (nSPS) is 33.3. The molecule has 0 spiro atoms. The van der Waals surface area contributed by atoms with Crippen LogP contribution in [0.4, 0.5) is 4.39 Å². The highest BCUT2D eigenvalue weighted by molar-refractivity contribution is 5.48. The van der Waals surface area contributed by atoms with Crippen LogP contribution >= 0.6 is 0 Å². The molecule has 2 unspecified atom stereocenters. The summed E-state index contributed by atoms with van der Waals surface area (Å²) in [6.45, 7) is 6.66. The van der Waals surface area contributed by atoms with Gasteiger partial charge in [-0.15, -0.1) is 0 Å². The van der Waals surface area contributed by atoms with E-state index in [1.54, 1.807) is 13.2 Å². The smallest absolute Gasteiger partial charge is 0.207 e. The Morgan fingerprint density at radius 2 is 2.00 bits per heavy atom. The fraction of sp³-hybridized carbons (Fsp3) is 0.636. The van der Waals surface area contributed by atoms with Crippen molar-refractivity contribution in [2.45, 2.75) is 63.6 Å². The van der Waals surface area contributed by atoms with Crippen LogP contribution in [-0.4, -0.2) is 25.9 Å². The third kappa shape index (κ3) is 3.02. The molecule has 26 heavy (non-hydrogen) atoms. The Hall–Kier alpha value is -1.55. The van der Waals surface area contributed by atoms with Gasteiger partial charge in [0.15, 0.2) is 11.5 Å². The topological polar surface area (TPSA) is 27.7 Å². The molecule has 2 saturated carbocycles. The van der Waals surface area contributed by atoms with Crippen molar-refractivity contribution in [3.8, 4) is 11.5 Å². The number of fused-ring (bicyclic) bond motifs is 3. The van der Waals surface area contributed by atoms with Crippen LogP contribution in [0.15, 0.2) is 24.3 Å². The van der Waals surface area contributed by atoms with Crippen molar-refractivity contribution in [3.63, 3.8) is 0 Å². The maximum atomic E-state index is 14.7. The molecule has 0 amide bonds. The zero-order valence-electron chi connectivity index (χ0n) is 15.8. The number of methoxy groups -OCH3 is 1. The van der Waals surface area contributed by atoms with Gasteiger partial charge in [-0.1, -0.05) is 18.2 Å². The van der Waals surface area contributed by atoms with Crippen LogP contribution < -0.4 is 9.47 Å². The van der Waals surface area contributed by atoms with E-state index < -0.39 is 0 Å². The monoisotopic (exact) mass is 360 g/mol. The molecule has 1 aromatic rings. The summed E-state index contributed by atoms with van der Waals surface area (Å²) in [6.07, 6.45) is 6.86. The van der Waals surface area contributed by atoms with E-state index in [0.717, 1.165) is 37.7 Å². The fourth-order valence-electron chi connectivity index (χ4n) is 5.28. The van der Waals surface area contributed by atoms with E-state index in [-0.39, 0.29) is 11.9 Å². The summed E-state index contributed by atoms with van der Waals surface area (Å²) in [5, 5.41) is 0. The van der Waals surface area contributed by atoms with Gasteiger partial charge in [0.2, 0.25) is 5.82 Å². The maximum absolute atomic E-state index is 14.7. The lowest BCUT2D eigenvalue weighted by atomic mass is 9.67. The molecular weight excluding hydrogens is 331 g/mol. The van der Waals surface area contributed by atoms with E-state index in [0.29, 0.717) is 42.0 Å². The molecule has 3 nitrogen and oxygen atoms in total. The zero-order chi connectivity index (χ0) is 18.3. The summed E-state index contributed by atoms with van der Waals surface area (Å²) in [5.74, 6) is 1.85. The average Bonchev–Trinajstić information content (AvgIpc) is 3.02. The van der Waals surface area contributed by atoms with E-state index >= 15 is 0 Å². The van der Waals surface area contributed by atoms with Gasteiger partial charge in [-0.3, -0.25) is 0 Å². The first-order valence-electron chi connectivity index (χ1n) is 9.94. The highest BCUT2D eigenvalue weighted by Crippen LogP contribution is 2.52. The SMILES string of the molecule is C=C1CC(OC)CCC1[C@@H]1CC[C@H]2c3ccc(OCC)c(F)c3O[C@@H]2C1. The molecule has 142 valence electrons. The molecule has 0 radical (unpaired) electrons. The minimum absolute atomic E-state index is 0.0862. The van der Waals surface area contributed by atoms with Gasteiger partial charge >= 0.3 is 0 Å². The van der Waals surface area contributed by atoms with Gasteiger partial charge in [-0.25, -0.2) is 0 Å². The van der Waals surface area contributed by atoms with E-state index in [2.05, 4.69) is 6.58 Å². The van der Waals surface area contributed by atoms with Crippen molar-refractivity contribution in [3.05, 3.63) is 35.7 Å². The number of rotatable bonds is 4. The third-order valence-electron chi connectivity index (χ3n) is 6.61. The number of benzene rings is 1. The van der Waals surface area contributed by atoms with Crippen LogP contribution in [0.1, 0.15) is 56.9 Å². The molecule has 1 aromatic carbocycles. The molecule has 0 bridgehead atoms.